The minimum atomic E-state index is 0.0556. The highest BCUT2D eigenvalue weighted by molar-refractivity contribution is 5.39. The number of phenols is 1. The summed E-state index contributed by atoms with van der Waals surface area (Å²) >= 11 is 0. The molecule has 0 aromatic heterocycles. The number of benzene rings is 1. The zero-order valence-electron chi connectivity index (χ0n) is 9.20. The molecule has 0 heterocycles. The van der Waals surface area contributed by atoms with Gasteiger partial charge in [-0.3, -0.25) is 0 Å². The van der Waals surface area contributed by atoms with Crippen LogP contribution in [0.5, 0.6) is 5.75 Å². The topological polar surface area (TPSA) is 29.5 Å². The molecule has 0 amide bonds. The molecule has 2 nitrogen and oxygen atoms in total. The van der Waals surface area contributed by atoms with E-state index in [0.717, 1.165) is 18.4 Å². The van der Waals surface area contributed by atoms with Gasteiger partial charge in [-0.1, -0.05) is 31.0 Å². The zero-order valence-corrected chi connectivity index (χ0v) is 9.20. The second-order valence-electron chi connectivity index (χ2n) is 4.44. The van der Waals surface area contributed by atoms with Gasteiger partial charge < -0.3 is 9.84 Å². The van der Waals surface area contributed by atoms with E-state index in [1.54, 1.807) is 13.2 Å². The molecule has 2 heteroatoms. The molecular weight excluding hydrogens is 188 g/mol. The lowest BCUT2D eigenvalue weighted by molar-refractivity contribution is 0.130. The van der Waals surface area contributed by atoms with Crippen molar-refractivity contribution in [1.82, 2.24) is 0 Å². The molecule has 1 aromatic carbocycles. The Balaban J connectivity index is 2.36. The van der Waals surface area contributed by atoms with Crippen molar-refractivity contribution in [2.45, 2.75) is 31.1 Å². The largest absolute Gasteiger partial charge is 0.508 e. The summed E-state index contributed by atoms with van der Waals surface area (Å²) in [6, 6.07) is 7.66. The fourth-order valence-electron chi connectivity index (χ4n) is 2.74. The summed E-state index contributed by atoms with van der Waals surface area (Å²) in [5, 5.41) is 9.91. The van der Waals surface area contributed by atoms with Crippen molar-refractivity contribution in [3.63, 3.8) is 0 Å². The van der Waals surface area contributed by atoms with Crippen LogP contribution in [-0.4, -0.2) is 18.8 Å². The number of ether oxygens (including phenoxy) is 1. The Morgan fingerprint density at radius 3 is 2.53 bits per heavy atom. The average molecular weight is 206 g/mol. The van der Waals surface area contributed by atoms with Crippen LogP contribution in [0.4, 0.5) is 0 Å². The quantitative estimate of drug-likeness (QED) is 0.824. The van der Waals surface area contributed by atoms with E-state index in [0.29, 0.717) is 12.4 Å². The van der Waals surface area contributed by atoms with Gasteiger partial charge in [0.15, 0.2) is 0 Å². The Morgan fingerprint density at radius 1 is 1.27 bits per heavy atom. The Morgan fingerprint density at radius 2 is 1.93 bits per heavy atom. The van der Waals surface area contributed by atoms with Gasteiger partial charge >= 0.3 is 0 Å². The number of hydrogen-bond donors (Lipinski definition) is 1. The molecule has 15 heavy (non-hydrogen) atoms. The average Bonchev–Trinajstić information content (AvgIpc) is 2.69. The fourth-order valence-corrected chi connectivity index (χ4v) is 2.74. The van der Waals surface area contributed by atoms with Crippen molar-refractivity contribution in [3.8, 4) is 5.75 Å². The highest BCUT2D eigenvalue weighted by Crippen LogP contribution is 2.44. The molecule has 1 saturated carbocycles. The maximum absolute atomic E-state index is 9.91. The van der Waals surface area contributed by atoms with Crippen LogP contribution >= 0.6 is 0 Å². The van der Waals surface area contributed by atoms with Crippen LogP contribution in [0.15, 0.2) is 24.3 Å². The standard InChI is InChI=1S/C13H18O2/c1-15-10-13(8-4-5-9-13)11-6-2-3-7-12(11)14/h2-3,6-7,14H,4-5,8-10H2,1H3. The Labute approximate surface area is 90.9 Å². The normalized spacial score (nSPS) is 19.3. The van der Waals surface area contributed by atoms with Gasteiger partial charge in [0.05, 0.1) is 6.61 Å². The maximum atomic E-state index is 9.91. The van der Waals surface area contributed by atoms with Crippen molar-refractivity contribution in [2.75, 3.05) is 13.7 Å². The highest BCUT2D eigenvalue weighted by atomic mass is 16.5. The molecule has 1 fully saturated rings. The van der Waals surface area contributed by atoms with E-state index in [1.807, 2.05) is 18.2 Å². The Kier molecular flexibility index (Phi) is 2.96. The lowest BCUT2D eigenvalue weighted by Crippen LogP contribution is -2.28. The van der Waals surface area contributed by atoms with Crippen LogP contribution in [0.2, 0.25) is 0 Å². The SMILES string of the molecule is COCC1(c2ccccc2O)CCCC1. The van der Waals surface area contributed by atoms with E-state index in [4.69, 9.17) is 4.74 Å². The molecule has 0 atom stereocenters. The molecule has 1 N–H and O–H groups in total. The van der Waals surface area contributed by atoms with Crippen molar-refractivity contribution < 1.29 is 9.84 Å². The molecule has 2 rings (SSSR count). The third-order valence-electron chi connectivity index (χ3n) is 3.46. The van der Waals surface area contributed by atoms with E-state index >= 15 is 0 Å². The van der Waals surface area contributed by atoms with Gasteiger partial charge in [0, 0.05) is 18.1 Å². The molecular formula is C13H18O2. The van der Waals surface area contributed by atoms with Crippen LogP contribution in [-0.2, 0) is 10.2 Å². The van der Waals surface area contributed by atoms with E-state index in [2.05, 4.69) is 0 Å². The van der Waals surface area contributed by atoms with Crippen LogP contribution in [0, 0.1) is 0 Å². The molecule has 0 saturated heterocycles. The van der Waals surface area contributed by atoms with Crippen molar-refractivity contribution >= 4 is 0 Å². The summed E-state index contributed by atoms with van der Waals surface area (Å²) in [5.41, 5.74) is 1.12. The Bertz CT molecular complexity index is 327. The van der Waals surface area contributed by atoms with Gasteiger partial charge in [0.1, 0.15) is 5.75 Å². The minimum absolute atomic E-state index is 0.0556. The first-order valence-electron chi connectivity index (χ1n) is 5.56. The summed E-state index contributed by atoms with van der Waals surface area (Å²) in [5.74, 6) is 0.413. The first kappa shape index (κ1) is 10.5. The summed E-state index contributed by atoms with van der Waals surface area (Å²) in [7, 11) is 1.74. The molecule has 1 aliphatic rings. The summed E-state index contributed by atoms with van der Waals surface area (Å²) < 4.78 is 5.33. The molecule has 0 spiro atoms. The fraction of sp³-hybridized carbons (Fsp3) is 0.538. The van der Waals surface area contributed by atoms with Crippen LogP contribution in [0.1, 0.15) is 31.2 Å². The predicted octanol–water partition coefficient (Wildman–Crippen LogP) is 2.85. The molecule has 82 valence electrons. The number of aromatic hydroxyl groups is 1. The van der Waals surface area contributed by atoms with Crippen LogP contribution in [0.3, 0.4) is 0 Å². The van der Waals surface area contributed by atoms with E-state index in [-0.39, 0.29) is 5.41 Å². The smallest absolute Gasteiger partial charge is 0.119 e. The van der Waals surface area contributed by atoms with Crippen LogP contribution < -0.4 is 0 Å². The lowest BCUT2D eigenvalue weighted by atomic mass is 9.79. The number of rotatable bonds is 3. The summed E-state index contributed by atoms with van der Waals surface area (Å²) in [6.45, 7) is 0.713. The summed E-state index contributed by atoms with van der Waals surface area (Å²) in [4.78, 5) is 0. The van der Waals surface area contributed by atoms with E-state index in [9.17, 15) is 5.11 Å². The number of methoxy groups -OCH3 is 1. The molecule has 0 aliphatic heterocycles. The van der Waals surface area contributed by atoms with E-state index < -0.39 is 0 Å². The highest BCUT2D eigenvalue weighted by Gasteiger charge is 2.37. The van der Waals surface area contributed by atoms with Gasteiger partial charge in [-0.25, -0.2) is 0 Å². The molecule has 1 aromatic rings. The third kappa shape index (κ3) is 1.86. The van der Waals surface area contributed by atoms with Crippen molar-refractivity contribution in [3.05, 3.63) is 29.8 Å². The van der Waals surface area contributed by atoms with Crippen molar-refractivity contribution in [2.24, 2.45) is 0 Å². The van der Waals surface area contributed by atoms with Crippen molar-refractivity contribution in [1.29, 1.82) is 0 Å². The third-order valence-corrected chi connectivity index (χ3v) is 3.46. The lowest BCUT2D eigenvalue weighted by Gasteiger charge is -2.29. The van der Waals surface area contributed by atoms with Crippen LogP contribution in [0.25, 0.3) is 0 Å². The van der Waals surface area contributed by atoms with Gasteiger partial charge in [0.2, 0.25) is 0 Å². The first-order valence-corrected chi connectivity index (χ1v) is 5.56. The molecule has 0 bridgehead atoms. The van der Waals surface area contributed by atoms with E-state index in [1.165, 1.54) is 12.8 Å². The van der Waals surface area contributed by atoms with Gasteiger partial charge in [-0.2, -0.15) is 0 Å². The second-order valence-corrected chi connectivity index (χ2v) is 4.44. The molecule has 0 radical (unpaired) electrons. The summed E-state index contributed by atoms with van der Waals surface area (Å²) in [6.07, 6.45) is 4.71. The number of para-hydroxylation sites is 1. The van der Waals surface area contributed by atoms with Gasteiger partial charge in [-0.15, -0.1) is 0 Å². The minimum Gasteiger partial charge on any atom is -0.508 e. The zero-order chi connectivity index (χ0) is 10.7. The monoisotopic (exact) mass is 206 g/mol. The predicted molar refractivity (Wildman–Crippen MR) is 60.1 cm³/mol. The van der Waals surface area contributed by atoms with Gasteiger partial charge in [-0.05, 0) is 18.9 Å². The maximum Gasteiger partial charge on any atom is 0.119 e. The second kappa shape index (κ2) is 4.23. The first-order chi connectivity index (χ1) is 7.28. The van der Waals surface area contributed by atoms with Gasteiger partial charge in [0.25, 0.3) is 0 Å². The Hall–Kier alpha value is -1.02. The number of hydrogen-bond acceptors (Lipinski definition) is 2. The molecule has 0 unspecified atom stereocenters. The number of phenolic OH excluding ortho intramolecular Hbond substituents is 1. The molecule has 1 aliphatic carbocycles.